The number of amides is 3. The standard InChI is InChI=1S/C12H23N3O3/c1-2-7-14-9-3-5-10(6-4-9)18-8-11(16)15-12(13)17/h9-10,14H,2-8H2,1H3,(H3,13,15,16,17). The molecule has 0 unspecified atom stereocenters. The maximum Gasteiger partial charge on any atom is 0.318 e. The fourth-order valence-corrected chi connectivity index (χ4v) is 2.15. The summed E-state index contributed by atoms with van der Waals surface area (Å²) >= 11 is 0. The molecular weight excluding hydrogens is 234 g/mol. The molecule has 0 aromatic rings. The van der Waals surface area contributed by atoms with Gasteiger partial charge in [-0.15, -0.1) is 0 Å². The average molecular weight is 257 g/mol. The van der Waals surface area contributed by atoms with Crippen LogP contribution in [-0.4, -0.2) is 37.2 Å². The van der Waals surface area contributed by atoms with Crippen LogP contribution in [0.4, 0.5) is 4.79 Å². The number of hydrogen-bond acceptors (Lipinski definition) is 4. The van der Waals surface area contributed by atoms with E-state index in [0.717, 1.165) is 38.6 Å². The van der Waals surface area contributed by atoms with Gasteiger partial charge in [0.2, 0.25) is 0 Å². The number of imide groups is 1. The van der Waals surface area contributed by atoms with E-state index in [-0.39, 0.29) is 12.7 Å². The zero-order valence-corrected chi connectivity index (χ0v) is 10.9. The molecule has 3 amide bonds. The van der Waals surface area contributed by atoms with Gasteiger partial charge in [0.05, 0.1) is 6.10 Å². The van der Waals surface area contributed by atoms with Crippen molar-refractivity contribution in [3.63, 3.8) is 0 Å². The lowest BCUT2D eigenvalue weighted by Crippen LogP contribution is -2.39. The normalized spacial score (nSPS) is 23.6. The first-order chi connectivity index (χ1) is 8.61. The highest BCUT2D eigenvalue weighted by atomic mass is 16.5. The van der Waals surface area contributed by atoms with E-state index >= 15 is 0 Å². The van der Waals surface area contributed by atoms with E-state index in [0.29, 0.717) is 6.04 Å². The van der Waals surface area contributed by atoms with Gasteiger partial charge in [-0.05, 0) is 38.6 Å². The van der Waals surface area contributed by atoms with Crippen LogP contribution in [-0.2, 0) is 9.53 Å². The molecule has 1 saturated carbocycles. The summed E-state index contributed by atoms with van der Waals surface area (Å²) in [6.45, 7) is 3.11. The SMILES string of the molecule is CCCNC1CCC(OCC(=O)NC(N)=O)CC1. The third-order valence-corrected chi connectivity index (χ3v) is 3.07. The van der Waals surface area contributed by atoms with Gasteiger partial charge in [-0.25, -0.2) is 4.79 Å². The summed E-state index contributed by atoms with van der Waals surface area (Å²) in [6, 6.07) is -0.264. The summed E-state index contributed by atoms with van der Waals surface area (Å²) < 4.78 is 5.45. The molecule has 4 N–H and O–H groups in total. The number of nitrogens with two attached hydrogens (primary N) is 1. The Labute approximate surface area is 108 Å². The van der Waals surface area contributed by atoms with Crippen LogP contribution in [0.15, 0.2) is 0 Å². The number of urea groups is 1. The minimum absolute atomic E-state index is 0.0966. The van der Waals surface area contributed by atoms with Crippen LogP contribution in [0.1, 0.15) is 39.0 Å². The molecule has 0 atom stereocenters. The van der Waals surface area contributed by atoms with Crippen LogP contribution >= 0.6 is 0 Å². The largest absolute Gasteiger partial charge is 0.368 e. The van der Waals surface area contributed by atoms with E-state index in [2.05, 4.69) is 12.2 Å². The Balaban J connectivity index is 2.12. The second kappa shape index (κ2) is 8.05. The van der Waals surface area contributed by atoms with Crippen molar-refractivity contribution in [1.29, 1.82) is 0 Å². The third kappa shape index (κ3) is 5.97. The lowest BCUT2D eigenvalue weighted by Gasteiger charge is -2.29. The van der Waals surface area contributed by atoms with Gasteiger partial charge in [0, 0.05) is 6.04 Å². The molecular formula is C12H23N3O3. The second-order valence-corrected chi connectivity index (χ2v) is 4.65. The van der Waals surface area contributed by atoms with Crippen molar-refractivity contribution < 1.29 is 14.3 Å². The van der Waals surface area contributed by atoms with Crippen molar-refractivity contribution in [2.45, 2.75) is 51.2 Å². The van der Waals surface area contributed by atoms with Crippen LogP contribution < -0.4 is 16.4 Å². The summed E-state index contributed by atoms with van der Waals surface area (Å²) in [5.74, 6) is -0.478. The van der Waals surface area contributed by atoms with Crippen molar-refractivity contribution in [3.8, 4) is 0 Å². The number of carbonyl (C=O) groups is 2. The first kappa shape index (κ1) is 14.9. The fourth-order valence-electron chi connectivity index (χ4n) is 2.15. The first-order valence-corrected chi connectivity index (χ1v) is 6.56. The minimum Gasteiger partial charge on any atom is -0.368 e. The molecule has 1 aliphatic carbocycles. The molecule has 6 heteroatoms. The van der Waals surface area contributed by atoms with Gasteiger partial charge in [0.1, 0.15) is 6.61 Å². The predicted octanol–water partition coefficient (Wildman–Crippen LogP) is 0.509. The molecule has 0 heterocycles. The highest BCUT2D eigenvalue weighted by molar-refractivity contribution is 5.94. The summed E-state index contributed by atoms with van der Waals surface area (Å²) in [7, 11) is 0. The number of rotatable bonds is 6. The molecule has 0 aromatic carbocycles. The van der Waals surface area contributed by atoms with Crippen molar-refractivity contribution in [3.05, 3.63) is 0 Å². The minimum atomic E-state index is -0.837. The van der Waals surface area contributed by atoms with E-state index in [1.807, 2.05) is 5.32 Å². The maximum absolute atomic E-state index is 11.2. The molecule has 0 spiro atoms. The first-order valence-electron chi connectivity index (χ1n) is 6.56. The molecule has 104 valence electrons. The second-order valence-electron chi connectivity index (χ2n) is 4.65. The lowest BCUT2D eigenvalue weighted by molar-refractivity contribution is -0.127. The van der Waals surface area contributed by atoms with E-state index in [4.69, 9.17) is 10.5 Å². The molecule has 18 heavy (non-hydrogen) atoms. The third-order valence-electron chi connectivity index (χ3n) is 3.07. The Morgan fingerprint density at radius 1 is 1.28 bits per heavy atom. The zero-order valence-electron chi connectivity index (χ0n) is 10.9. The Bertz CT molecular complexity index is 276. The molecule has 1 fully saturated rings. The molecule has 0 radical (unpaired) electrons. The van der Waals surface area contributed by atoms with E-state index in [1.165, 1.54) is 0 Å². The van der Waals surface area contributed by atoms with Crippen LogP contribution in [0.2, 0.25) is 0 Å². The summed E-state index contributed by atoms with van der Waals surface area (Å²) in [5, 5.41) is 5.47. The smallest absolute Gasteiger partial charge is 0.318 e. The zero-order chi connectivity index (χ0) is 13.4. The number of ether oxygens (including phenoxy) is 1. The molecule has 0 aliphatic heterocycles. The predicted molar refractivity (Wildman–Crippen MR) is 68.0 cm³/mol. The number of primary amides is 1. The van der Waals surface area contributed by atoms with Gasteiger partial charge in [0.25, 0.3) is 5.91 Å². The highest BCUT2D eigenvalue weighted by Crippen LogP contribution is 2.21. The van der Waals surface area contributed by atoms with Gasteiger partial charge in [-0.1, -0.05) is 6.92 Å². The maximum atomic E-state index is 11.2. The molecule has 6 nitrogen and oxygen atoms in total. The number of hydrogen-bond donors (Lipinski definition) is 3. The highest BCUT2D eigenvalue weighted by Gasteiger charge is 2.21. The fraction of sp³-hybridized carbons (Fsp3) is 0.833. The summed E-state index contributed by atoms with van der Waals surface area (Å²) in [6.07, 6.45) is 5.30. The van der Waals surface area contributed by atoms with E-state index < -0.39 is 11.9 Å². The quantitative estimate of drug-likeness (QED) is 0.646. The monoisotopic (exact) mass is 257 g/mol. The van der Waals surface area contributed by atoms with E-state index in [1.54, 1.807) is 0 Å². The molecule has 1 aliphatic rings. The van der Waals surface area contributed by atoms with Gasteiger partial charge >= 0.3 is 6.03 Å². The Morgan fingerprint density at radius 3 is 2.50 bits per heavy atom. The van der Waals surface area contributed by atoms with Gasteiger partial charge in [-0.2, -0.15) is 0 Å². The van der Waals surface area contributed by atoms with Gasteiger partial charge < -0.3 is 15.8 Å². The molecule has 0 bridgehead atoms. The summed E-state index contributed by atoms with van der Waals surface area (Å²) in [5.41, 5.74) is 4.83. The van der Waals surface area contributed by atoms with Crippen molar-refractivity contribution in [1.82, 2.24) is 10.6 Å². The van der Waals surface area contributed by atoms with E-state index in [9.17, 15) is 9.59 Å². The number of carbonyl (C=O) groups excluding carboxylic acids is 2. The number of nitrogens with one attached hydrogen (secondary N) is 2. The van der Waals surface area contributed by atoms with Gasteiger partial charge in [-0.3, -0.25) is 10.1 Å². The van der Waals surface area contributed by atoms with Crippen LogP contribution in [0.5, 0.6) is 0 Å². The Kier molecular flexibility index (Phi) is 6.67. The van der Waals surface area contributed by atoms with Crippen LogP contribution in [0.25, 0.3) is 0 Å². The summed E-state index contributed by atoms with van der Waals surface area (Å²) in [4.78, 5) is 21.6. The molecule has 0 aromatic heterocycles. The molecule has 1 rings (SSSR count). The topological polar surface area (TPSA) is 93.4 Å². The Morgan fingerprint density at radius 2 is 1.94 bits per heavy atom. The van der Waals surface area contributed by atoms with Crippen molar-refractivity contribution in [2.24, 2.45) is 5.73 Å². The van der Waals surface area contributed by atoms with Crippen LogP contribution in [0, 0.1) is 0 Å². The molecule has 0 saturated heterocycles. The average Bonchev–Trinajstić information content (AvgIpc) is 2.34. The Hall–Kier alpha value is -1.14. The van der Waals surface area contributed by atoms with Gasteiger partial charge in [0.15, 0.2) is 0 Å². The lowest BCUT2D eigenvalue weighted by atomic mass is 9.93. The van der Waals surface area contributed by atoms with Crippen molar-refractivity contribution >= 4 is 11.9 Å². The van der Waals surface area contributed by atoms with Crippen LogP contribution in [0.3, 0.4) is 0 Å². The van der Waals surface area contributed by atoms with Crippen molar-refractivity contribution in [2.75, 3.05) is 13.2 Å².